The lowest BCUT2D eigenvalue weighted by molar-refractivity contribution is 0.248. The number of hydrogen-bond acceptors (Lipinski definition) is 3. The molecule has 1 saturated carbocycles. The number of aryl methyl sites for hydroxylation is 1. The van der Waals surface area contributed by atoms with E-state index in [0.717, 1.165) is 12.2 Å². The highest BCUT2D eigenvalue weighted by molar-refractivity contribution is 5.89. The fourth-order valence-electron chi connectivity index (χ4n) is 2.55. The predicted molar refractivity (Wildman–Crippen MR) is 94.5 cm³/mol. The highest BCUT2D eigenvalue weighted by atomic mass is 16.5. The minimum atomic E-state index is -0.194. The molecular weight excluding hydrogens is 302 g/mol. The number of nitrogens with one attached hydrogen (secondary N) is 2. The van der Waals surface area contributed by atoms with Crippen molar-refractivity contribution in [1.82, 2.24) is 10.3 Å². The third-order valence-corrected chi connectivity index (χ3v) is 4.21. The minimum absolute atomic E-state index is 0.194. The van der Waals surface area contributed by atoms with Crippen molar-refractivity contribution in [3.8, 4) is 11.6 Å². The van der Waals surface area contributed by atoms with Gasteiger partial charge in [0.2, 0.25) is 5.88 Å². The summed E-state index contributed by atoms with van der Waals surface area (Å²) in [5, 5.41) is 5.75. The normalized spacial score (nSPS) is 14.8. The van der Waals surface area contributed by atoms with Crippen molar-refractivity contribution in [2.75, 3.05) is 5.32 Å². The van der Waals surface area contributed by atoms with Crippen LogP contribution in [0.25, 0.3) is 0 Å². The molecular formula is C19H23N3O2. The lowest BCUT2D eigenvalue weighted by Crippen LogP contribution is -2.37. The standard InChI is InChI=1S/C19H23N3O2/c1-3-14-5-4-6-17(11-14)24-18-10-9-16(12-20-18)22-19(23)21-13(2)15-7-8-15/h4-6,9-13,15H,3,7-8H2,1-2H3,(H2,21,22,23). The van der Waals surface area contributed by atoms with E-state index in [1.54, 1.807) is 18.3 Å². The highest BCUT2D eigenvalue weighted by Crippen LogP contribution is 2.32. The first-order valence-corrected chi connectivity index (χ1v) is 8.44. The van der Waals surface area contributed by atoms with E-state index in [0.29, 0.717) is 17.5 Å². The molecule has 1 fully saturated rings. The molecule has 0 bridgehead atoms. The van der Waals surface area contributed by atoms with Crippen molar-refractivity contribution in [1.29, 1.82) is 0 Å². The molecule has 24 heavy (non-hydrogen) atoms. The van der Waals surface area contributed by atoms with Crippen LogP contribution in [0.4, 0.5) is 10.5 Å². The monoisotopic (exact) mass is 325 g/mol. The van der Waals surface area contributed by atoms with Crippen LogP contribution >= 0.6 is 0 Å². The van der Waals surface area contributed by atoms with Crippen LogP contribution in [0.5, 0.6) is 11.6 Å². The molecule has 0 radical (unpaired) electrons. The molecule has 0 spiro atoms. The zero-order chi connectivity index (χ0) is 16.9. The SMILES string of the molecule is CCc1cccc(Oc2ccc(NC(=O)NC(C)C3CC3)cn2)c1. The molecule has 126 valence electrons. The maximum Gasteiger partial charge on any atom is 0.319 e. The van der Waals surface area contributed by atoms with Crippen LogP contribution in [-0.4, -0.2) is 17.1 Å². The van der Waals surface area contributed by atoms with Crippen LogP contribution in [0.3, 0.4) is 0 Å². The van der Waals surface area contributed by atoms with Gasteiger partial charge in [0.05, 0.1) is 11.9 Å². The van der Waals surface area contributed by atoms with Gasteiger partial charge >= 0.3 is 6.03 Å². The smallest absolute Gasteiger partial charge is 0.319 e. The number of benzene rings is 1. The maximum atomic E-state index is 11.9. The van der Waals surface area contributed by atoms with Crippen LogP contribution in [0.1, 0.15) is 32.3 Å². The summed E-state index contributed by atoms with van der Waals surface area (Å²) in [6.07, 6.45) is 4.96. The fraction of sp³-hybridized carbons (Fsp3) is 0.368. The Morgan fingerprint density at radius 1 is 1.33 bits per heavy atom. The summed E-state index contributed by atoms with van der Waals surface area (Å²) in [7, 11) is 0. The summed E-state index contributed by atoms with van der Waals surface area (Å²) in [5.74, 6) is 1.89. The van der Waals surface area contributed by atoms with Crippen LogP contribution in [0, 0.1) is 5.92 Å². The van der Waals surface area contributed by atoms with Gasteiger partial charge in [0.1, 0.15) is 5.75 Å². The Morgan fingerprint density at radius 3 is 2.83 bits per heavy atom. The number of urea groups is 1. The Labute approximate surface area is 142 Å². The van der Waals surface area contributed by atoms with Gasteiger partial charge in [0.15, 0.2) is 0 Å². The van der Waals surface area contributed by atoms with Crippen molar-refractivity contribution in [3.05, 3.63) is 48.2 Å². The van der Waals surface area contributed by atoms with Gasteiger partial charge in [-0.15, -0.1) is 0 Å². The van der Waals surface area contributed by atoms with E-state index in [4.69, 9.17) is 4.74 Å². The van der Waals surface area contributed by atoms with E-state index >= 15 is 0 Å². The number of carbonyl (C=O) groups excluding carboxylic acids is 1. The van der Waals surface area contributed by atoms with E-state index in [1.807, 2.05) is 25.1 Å². The Kier molecular flexibility index (Phi) is 4.99. The fourth-order valence-corrected chi connectivity index (χ4v) is 2.55. The number of ether oxygens (including phenoxy) is 1. The summed E-state index contributed by atoms with van der Waals surface area (Å²) in [4.78, 5) is 16.2. The number of pyridine rings is 1. The van der Waals surface area contributed by atoms with Crippen molar-refractivity contribution < 1.29 is 9.53 Å². The molecule has 5 heteroatoms. The average molecular weight is 325 g/mol. The van der Waals surface area contributed by atoms with Gasteiger partial charge in [-0.05, 0) is 55.9 Å². The van der Waals surface area contributed by atoms with Crippen molar-refractivity contribution in [3.63, 3.8) is 0 Å². The molecule has 2 amide bonds. The number of anilines is 1. The summed E-state index contributed by atoms with van der Waals surface area (Å²) in [6, 6.07) is 11.5. The van der Waals surface area contributed by atoms with E-state index < -0.39 is 0 Å². The lowest BCUT2D eigenvalue weighted by Gasteiger charge is -2.13. The van der Waals surface area contributed by atoms with E-state index in [9.17, 15) is 4.79 Å². The number of aromatic nitrogens is 1. The van der Waals surface area contributed by atoms with Gasteiger partial charge in [-0.25, -0.2) is 9.78 Å². The van der Waals surface area contributed by atoms with Gasteiger partial charge in [0.25, 0.3) is 0 Å². The number of hydrogen-bond donors (Lipinski definition) is 2. The molecule has 1 unspecified atom stereocenters. The first-order valence-electron chi connectivity index (χ1n) is 8.44. The van der Waals surface area contributed by atoms with Crippen LogP contribution in [0.15, 0.2) is 42.6 Å². The third-order valence-electron chi connectivity index (χ3n) is 4.21. The number of nitrogens with zero attached hydrogens (tertiary/aromatic N) is 1. The second kappa shape index (κ2) is 7.34. The minimum Gasteiger partial charge on any atom is -0.439 e. The van der Waals surface area contributed by atoms with E-state index in [2.05, 4.69) is 28.6 Å². The second-order valence-electron chi connectivity index (χ2n) is 6.21. The number of carbonyl (C=O) groups is 1. The van der Waals surface area contributed by atoms with Gasteiger partial charge in [-0.2, -0.15) is 0 Å². The number of rotatable bonds is 6. The molecule has 1 heterocycles. The molecule has 1 aliphatic rings. The molecule has 1 aromatic heterocycles. The zero-order valence-corrected chi connectivity index (χ0v) is 14.1. The van der Waals surface area contributed by atoms with E-state index in [-0.39, 0.29) is 12.1 Å². The predicted octanol–water partition coefficient (Wildman–Crippen LogP) is 4.36. The van der Waals surface area contributed by atoms with Crippen molar-refractivity contribution in [2.24, 2.45) is 5.92 Å². The zero-order valence-electron chi connectivity index (χ0n) is 14.1. The molecule has 3 rings (SSSR count). The lowest BCUT2D eigenvalue weighted by atomic mass is 10.2. The summed E-state index contributed by atoms with van der Waals surface area (Å²) < 4.78 is 5.75. The van der Waals surface area contributed by atoms with Crippen molar-refractivity contribution >= 4 is 11.7 Å². The molecule has 0 aliphatic heterocycles. The molecule has 1 atom stereocenters. The Morgan fingerprint density at radius 2 is 2.17 bits per heavy atom. The highest BCUT2D eigenvalue weighted by Gasteiger charge is 2.28. The average Bonchev–Trinajstić information content (AvgIpc) is 3.42. The Hall–Kier alpha value is -2.56. The Balaban J connectivity index is 1.55. The molecule has 1 aromatic carbocycles. The molecule has 2 aromatic rings. The van der Waals surface area contributed by atoms with Crippen LogP contribution < -0.4 is 15.4 Å². The molecule has 2 N–H and O–H groups in total. The van der Waals surface area contributed by atoms with Crippen LogP contribution in [0.2, 0.25) is 0 Å². The quantitative estimate of drug-likeness (QED) is 0.829. The summed E-state index contributed by atoms with van der Waals surface area (Å²) in [5.41, 5.74) is 1.86. The van der Waals surface area contributed by atoms with Gasteiger partial charge < -0.3 is 15.4 Å². The molecule has 0 saturated heterocycles. The topological polar surface area (TPSA) is 63.2 Å². The van der Waals surface area contributed by atoms with Crippen molar-refractivity contribution in [2.45, 2.75) is 39.2 Å². The van der Waals surface area contributed by atoms with Crippen LogP contribution in [-0.2, 0) is 6.42 Å². The maximum absolute atomic E-state index is 11.9. The second-order valence-corrected chi connectivity index (χ2v) is 6.21. The van der Waals surface area contributed by atoms with Gasteiger partial charge in [-0.1, -0.05) is 19.1 Å². The first kappa shape index (κ1) is 16.3. The summed E-state index contributed by atoms with van der Waals surface area (Å²) >= 11 is 0. The number of amides is 2. The van der Waals surface area contributed by atoms with Gasteiger partial charge in [0, 0.05) is 12.1 Å². The molecule has 5 nitrogen and oxygen atoms in total. The largest absolute Gasteiger partial charge is 0.439 e. The summed E-state index contributed by atoms with van der Waals surface area (Å²) in [6.45, 7) is 4.14. The Bertz CT molecular complexity index is 696. The third kappa shape index (κ3) is 4.47. The molecule has 1 aliphatic carbocycles. The van der Waals surface area contributed by atoms with Gasteiger partial charge in [-0.3, -0.25) is 0 Å². The van der Waals surface area contributed by atoms with E-state index in [1.165, 1.54) is 18.4 Å². The first-order chi connectivity index (χ1) is 11.6.